The molecule has 0 aliphatic heterocycles. The molecule has 2 nitrogen and oxygen atoms in total. The number of hydrogen-bond acceptors (Lipinski definition) is 1. The van der Waals surface area contributed by atoms with Crippen LogP contribution in [-0.4, -0.2) is 16.8 Å². The number of halogens is 2. The monoisotopic (exact) mass is 261 g/mol. The fourth-order valence-electron chi connectivity index (χ4n) is 4.39. The van der Waals surface area contributed by atoms with E-state index in [4.69, 9.17) is 23.2 Å². The van der Waals surface area contributed by atoms with Crippen molar-refractivity contribution >= 4 is 29.1 Å². The topological polar surface area (TPSA) is 29.1 Å². The van der Waals surface area contributed by atoms with E-state index in [0.717, 1.165) is 11.8 Å². The second-order valence-corrected chi connectivity index (χ2v) is 6.86. The molecule has 4 fully saturated rings. The number of nitrogens with one attached hydrogen (secondary N) is 1. The SMILES string of the molecule is O=C(NC1C2CC3CC(C2)CC1C3)C(Cl)Cl. The maximum absolute atomic E-state index is 11.6. The average molecular weight is 262 g/mol. The third-order valence-corrected chi connectivity index (χ3v) is 5.13. The Bertz CT molecular complexity index is 277. The van der Waals surface area contributed by atoms with Gasteiger partial charge in [0.25, 0.3) is 5.91 Å². The van der Waals surface area contributed by atoms with Crippen LogP contribution in [0.1, 0.15) is 32.1 Å². The predicted molar refractivity (Wildman–Crippen MR) is 64.5 cm³/mol. The van der Waals surface area contributed by atoms with Gasteiger partial charge < -0.3 is 5.32 Å². The van der Waals surface area contributed by atoms with Crippen LogP contribution >= 0.6 is 23.2 Å². The molecule has 0 spiro atoms. The number of alkyl halides is 2. The second kappa shape index (κ2) is 4.06. The molecule has 0 aromatic carbocycles. The van der Waals surface area contributed by atoms with Gasteiger partial charge in [0.1, 0.15) is 0 Å². The molecule has 4 rings (SSSR count). The lowest BCUT2D eigenvalue weighted by Crippen LogP contribution is -2.56. The largest absolute Gasteiger partial charge is 0.350 e. The van der Waals surface area contributed by atoms with Gasteiger partial charge in [-0.05, 0) is 55.8 Å². The number of rotatable bonds is 2. The molecule has 0 atom stereocenters. The first kappa shape index (κ1) is 11.2. The Morgan fingerprint density at radius 1 is 1.00 bits per heavy atom. The summed E-state index contributed by atoms with van der Waals surface area (Å²) >= 11 is 11.2. The number of carbonyl (C=O) groups is 1. The van der Waals surface area contributed by atoms with Gasteiger partial charge in [0, 0.05) is 6.04 Å². The van der Waals surface area contributed by atoms with E-state index in [2.05, 4.69) is 5.32 Å². The van der Waals surface area contributed by atoms with Crippen LogP contribution in [0.15, 0.2) is 0 Å². The van der Waals surface area contributed by atoms with E-state index in [-0.39, 0.29) is 5.91 Å². The van der Waals surface area contributed by atoms with Gasteiger partial charge >= 0.3 is 0 Å². The molecule has 4 aliphatic carbocycles. The van der Waals surface area contributed by atoms with E-state index in [1.807, 2.05) is 0 Å². The molecule has 0 saturated heterocycles. The van der Waals surface area contributed by atoms with Gasteiger partial charge in [-0.1, -0.05) is 23.2 Å². The van der Waals surface area contributed by atoms with Gasteiger partial charge in [-0.15, -0.1) is 0 Å². The molecule has 4 saturated carbocycles. The zero-order valence-corrected chi connectivity index (χ0v) is 10.7. The summed E-state index contributed by atoms with van der Waals surface area (Å²) in [6, 6.07) is 0.347. The molecule has 0 aromatic rings. The molecule has 1 N–H and O–H groups in total. The highest BCUT2D eigenvalue weighted by atomic mass is 35.5. The van der Waals surface area contributed by atoms with Gasteiger partial charge in [0.05, 0.1) is 0 Å². The van der Waals surface area contributed by atoms with E-state index in [9.17, 15) is 4.79 Å². The molecule has 4 heteroatoms. The standard InChI is InChI=1S/C12H17Cl2NO/c13-11(14)12(16)15-10-8-2-6-1-7(4-8)5-9(10)3-6/h6-11H,1-5H2,(H,15,16). The molecule has 4 bridgehead atoms. The Morgan fingerprint density at radius 2 is 1.50 bits per heavy atom. The highest BCUT2D eigenvalue weighted by Gasteiger charge is 2.48. The highest BCUT2D eigenvalue weighted by molar-refractivity contribution is 6.53. The second-order valence-electron chi connectivity index (χ2n) is 5.77. The summed E-state index contributed by atoms with van der Waals surface area (Å²) in [6.07, 6.45) is 6.63. The molecular formula is C12H17Cl2NO. The maximum Gasteiger partial charge on any atom is 0.253 e. The van der Waals surface area contributed by atoms with Crippen LogP contribution in [-0.2, 0) is 4.79 Å². The fraction of sp³-hybridized carbons (Fsp3) is 0.917. The lowest BCUT2D eigenvalue weighted by atomic mass is 9.54. The van der Waals surface area contributed by atoms with Crippen LogP contribution in [0.25, 0.3) is 0 Å². The predicted octanol–water partition coefficient (Wildman–Crippen LogP) is 2.73. The lowest BCUT2D eigenvalue weighted by Gasteiger charge is -2.54. The average Bonchev–Trinajstić information content (AvgIpc) is 2.21. The highest BCUT2D eigenvalue weighted by Crippen LogP contribution is 2.53. The summed E-state index contributed by atoms with van der Waals surface area (Å²) in [5, 5.41) is 3.06. The van der Waals surface area contributed by atoms with Crippen molar-refractivity contribution in [3.63, 3.8) is 0 Å². The van der Waals surface area contributed by atoms with E-state index in [1.54, 1.807) is 0 Å². The first-order valence-electron chi connectivity index (χ1n) is 6.22. The van der Waals surface area contributed by atoms with Gasteiger partial charge in [0.15, 0.2) is 4.84 Å². The van der Waals surface area contributed by atoms with Crippen molar-refractivity contribution in [2.75, 3.05) is 0 Å². The minimum absolute atomic E-state index is 0.208. The van der Waals surface area contributed by atoms with Gasteiger partial charge in [-0.3, -0.25) is 4.79 Å². The van der Waals surface area contributed by atoms with Crippen molar-refractivity contribution < 1.29 is 4.79 Å². The van der Waals surface area contributed by atoms with Crippen molar-refractivity contribution in [2.45, 2.75) is 43.0 Å². The van der Waals surface area contributed by atoms with Crippen LogP contribution in [0, 0.1) is 23.7 Å². The van der Waals surface area contributed by atoms with Crippen LogP contribution in [0.4, 0.5) is 0 Å². The minimum Gasteiger partial charge on any atom is -0.350 e. The quantitative estimate of drug-likeness (QED) is 0.762. The molecular weight excluding hydrogens is 245 g/mol. The molecule has 0 unspecified atom stereocenters. The molecule has 90 valence electrons. The molecule has 1 amide bonds. The first-order valence-corrected chi connectivity index (χ1v) is 7.09. The van der Waals surface area contributed by atoms with Gasteiger partial charge in [-0.2, -0.15) is 0 Å². The third kappa shape index (κ3) is 1.84. The first-order chi connectivity index (χ1) is 7.63. The summed E-state index contributed by atoms with van der Waals surface area (Å²) < 4.78 is 0. The summed E-state index contributed by atoms with van der Waals surface area (Å²) in [5.41, 5.74) is 0. The molecule has 0 heterocycles. The zero-order valence-electron chi connectivity index (χ0n) is 9.16. The summed E-state index contributed by atoms with van der Waals surface area (Å²) in [6.45, 7) is 0. The van der Waals surface area contributed by atoms with Crippen molar-refractivity contribution in [3.05, 3.63) is 0 Å². The molecule has 0 radical (unpaired) electrons. The van der Waals surface area contributed by atoms with Crippen molar-refractivity contribution in [3.8, 4) is 0 Å². The Labute approximate surface area is 106 Å². The van der Waals surface area contributed by atoms with Crippen molar-refractivity contribution in [1.82, 2.24) is 5.32 Å². The summed E-state index contributed by atoms with van der Waals surface area (Å²) in [7, 11) is 0. The van der Waals surface area contributed by atoms with Gasteiger partial charge in [-0.25, -0.2) is 0 Å². The fourth-order valence-corrected chi connectivity index (χ4v) is 4.51. The Kier molecular flexibility index (Phi) is 2.83. The third-order valence-electron chi connectivity index (χ3n) is 4.73. The molecule has 0 aromatic heterocycles. The van der Waals surface area contributed by atoms with Crippen molar-refractivity contribution in [2.24, 2.45) is 23.7 Å². The Balaban J connectivity index is 1.70. The van der Waals surface area contributed by atoms with E-state index in [0.29, 0.717) is 17.9 Å². The van der Waals surface area contributed by atoms with E-state index < -0.39 is 4.84 Å². The van der Waals surface area contributed by atoms with E-state index in [1.165, 1.54) is 32.1 Å². The van der Waals surface area contributed by atoms with Crippen LogP contribution < -0.4 is 5.32 Å². The molecule has 4 aliphatic rings. The summed E-state index contributed by atoms with van der Waals surface area (Å²) in [5.74, 6) is 3.03. The smallest absolute Gasteiger partial charge is 0.253 e. The van der Waals surface area contributed by atoms with Crippen LogP contribution in [0.3, 0.4) is 0 Å². The normalized spacial score (nSPS) is 45.1. The van der Waals surface area contributed by atoms with Crippen molar-refractivity contribution in [1.29, 1.82) is 0 Å². The number of amides is 1. The summed E-state index contributed by atoms with van der Waals surface area (Å²) in [4.78, 5) is 10.6. The maximum atomic E-state index is 11.6. The van der Waals surface area contributed by atoms with E-state index >= 15 is 0 Å². The number of carbonyl (C=O) groups excluding carboxylic acids is 1. The Morgan fingerprint density at radius 3 is 1.94 bits per heavy atom. The Hall–Kier alpha value is 0.0500. The lowest BCUT2D eigenvalue weighted by molar-refractivity contribution is -0.123. The zero-order chi connectivity index (χ0) is 11.3. The van der Waals surface area contributed by atoms with Crippen LogP contribution in [0.2, 0.25) is 0 Å². The minimum atomic E-state index is -0.919. The van der Waals surface area contributed by atoms with Crippen LogP contribution in [0.5, 0.6) is 0 Å². The number of hydrogen-bond donors (Lipinski definition) is 1. The molecule has 16 heavy (non-hydrogen) atoms. The van der Waals surface area contributed by atoms with Gasteiger partial charge in [0.2, 0.25) is 0 Å².